The van der Waals surface area contributed by atoms with Gasteiger partial charge in [-0.25, -0.2) is 4.39 Å². The number of rotatable bonds is 8. The van der Waals surface area contributed by atoms with Gasteiger partial charge in [0.1, 0.15) is 5.82 Å². The number of amides is 1. The maximum absolute atomic E-state index is 12.9. The summed E-state index contributed by atoms with van der Waals surface area (Å²) in [6.07, 6.45) is 0.782. The summed E-state index contributed by atoms with van der Waals surface area (Å²) < 4.78 is 12.9. The first kappa shape index (κ1) is 17.0. The molecule has 0 saturated carbocycles. The van der Waals surface area contributed by atoms with Crippen LogP contribution in [0.5, 0.6) is 0 Å². The number of hydrogen-bond donors (Lipinski definition) is 2. The predicted octanol–water partition coefficient (Wildman–Crippen LogP) is 3.40. The number of thiophene rings is 1. The van der Waals surface area contributed by atoms with Crippen molar-refractivity contribution in [2.24, 2.45) is 0 Å². The fourth-order valence-corrected chi connectivity index (χ4v) is 3.53. The number of hydrogen-bond acceptors (Lipinski definition) is 4. The standard InChI is InChI=1S/C16H18FNO2S2/c17-13-4-2-12(3-5-13)14-6-7-15(22-14)16(20)18-8-11-21-10-1-9-19/h2-7,19H,1,8-11H2,(H,18,20). The highest BCUT2D eigenvalue weighted by molar-refractivity contribution is 7.99. The van der Waals surface area contributed by atoms with E-state index in [-0.39, 0.29) is 18.3 Å². The van der Waals surface area contributed by atoms with Crippen LogP contribution in [0.1, 0.15) is 16.1 Å². The van der Waals surface area contributed by atoms with E-state index in [4.69, 9.17) is 5.11 Å². The number of aliphatic hydroxyl groups is 1. The van der Waals surface area contributed by atoms with Crippen molar-refractivity contribution in [2.75, 3.05) is 24.7 Å². The molecule has 0 unspecified atom stereocenters. The summed E-state index contributed by atoms with van der Waals surface area (Å²) in [5.41, 5.74) is 0.907. The van der Waals surface area contributed by atoms with Crippen LogP contribution in [0.15, 0.2) is 36.4 Å². The molecule has 1 heterocycles. The Morgan fingerprint density at radius 3 is 2.68 bits per heavy atom. The molecule has 22 heavy (non-hydrogen) atoms. The first-order chi connectivity index (χ1) is 10.7. The van der Waals surface area contributed by atoms with Gasteiger partial charge in [0.15, 0.2) is 0 Å². The van der Waals surface area contributed by atoms with Crippen molar-refractivity contribution in [3.05, 3.63) is 47.1 Å². The van der Waals surface area contributed by atoms with Gasteiger partial charge >= 0.3 is 0 Å². The van der Waals surface area contributed by atoms with Crippen molar-refractivity contribution in [1.82, 2.24) is 5.32 Å². The fraction of sp³-hybridized carbons (Fsp3) is 0.312. The van der Waals surface area contributed by atoms with E-state index >= 15 is 0 Å². The lowest BCUT2D eigenvalue weighted by Crippen LogP contribution is -2.24. The van der Waals surface area contributed by atoms with Crippen molar-refractivity contribution in [3.8, 4) is 10.4 Å². The summed E-state index contributed by atoms with van der Waals surface area (Å²) in [7, 11) is 0. The zero-order valence-corrected chi connectivity index (χ0v) is 13.7. The van der Waals surface area contributed by atoms with Crippen LogP contribution in [-0.2, 0) is 0 Å². The predicted molar refractivity (Wildman–Crippen MR) is 91.1 cm³/mol. The van der Waals surface area contributed by atoms with Crippen LogP contribution >= 0.6 is 23.1 Å². The van der Waals surface area contributed by atoms with Gasteiger partial charge in [0, 0.05) is 23.8 Å². The summed E-state index contributed by atoms with van der Waals surface area (Å²) in [6, 6.07) is 9.92. The third-order valence-corrected chi connectivity index (χ3v) is 5.14. The van der Waals surface area contributed by atoms with Gasteiger partial charge in [-0.15, -0.1) is 11.3 Å². The average molecular weight is 339 g/mol. The number of aliphatic hydroxyl groups excluding tert-OH is 1. The lowest BCUT2D eigenvalue weighted by Gasteiger charge is -2.03. The Morgan fingerprint density at radius 2 is 1.95 bits per heavy atom. The van der Waals surface area contributed by atoms with E-state index in [0.29, 0.717) is 11.4 Å². The molecule has 0 bridgehead atoms. The molecule has 2 rings (SSSR count). The largest absolute Gasteiger partial charge is 0.396 e. The molecule has 0 aliphatic carbocycles. The molecule has 0 saturated heterocycles. The SMILES string of the molecule is O=C(NCCSCCCO)c1ccc(-c2ccc(F)cc2)s1. The molecule has 0 radical (unpaired) electrons. The van der Waals surface area contributed by atoms with Crippen molar-refractivity contribution in [1.29, 1.82) is 0 Å². The molecule has 0 aliphatic rings. The van der Waals surface area contributed by atoms with E-state index in [1.807, 2.05) is 6.07 Å². The molecule has 1 amide bonds. The van der Waals surface area contributed by atoms with Gasteiger partial charge < -0.3 is 10.4 Å². The molecule has 3 nitrogen and oxygen atoms in total. The number of nitrogens with one attached hydrogen (secondary N) is 1. The third kappa shape index (κ3) is 5.12. The zero-order valence-electron chi connectivity index (χ0n) is 12.0. The maximum Gasteiger partial charge on any atom is 0.261 e. The summed E-state index contributed by atoms with van der Waals surface area (Å²) in [5.74, 6) is 1.39. The number of carbonyl (C=O) groups excluding carboxylic acids is 1. The topological polar surface area (TPSA) is 49.3 Å². The van der Waals surface area contributed by atoms with Gasteiger partial charge in [-0.1, -0.05) is 12.1 Å². The first-order valence-corrected chi connectivity index (χ1v) is 9.00. The molecule has 118 valence electrons. The average Bonchev–Trinajstić information content (AvgIpc) is 3.01. The Balaban J connectivity index is 1.83. The Hall–Kier alpha value is -1.37. The second-order valence-electron chi connectivity index (χ2n) is 4.62. The monoisotopic (exact) mass is 339 g/mol. The highest BCUT2D eigenvalue weighted by Crippen LogP contribution is 2.28. The Labute approximate surface area is 137 Å². The maximum atomic E-state index is 12.9. The first-order valence-electron chi connectivity index (χ1n) is 7.03. The molecule has 0 aliphatic heterocycles. The van der Waals surface area contributed by atoms with Crippen molar-refractivity contribution in [3.63, 3.8) is 0 Å². The van der Waals surface area contributed by atoms with Crippen LogP contribution in [-0.4, -0.2) is 35.7 Å². The van der Waals surface area contributed by atoms with Crippen LogP contribution in [0.3, 0.4) is 0 Å². The van der Waals surface area contributed by atoms with Gasteiger partial charge in [0.2, 0.25) is 0 Å². The van der Waals surface area contributed by atoms with E-state index in [0.717, 1.165) is 28.4 Å². The normalized spacial score (nSPS) is 10.6. The molecule has 0 atom stereocenters. The quantitative estimate of drug-likeness (QED) is 0.725. The van der Waals surface area contributed by atoms with Gasteiger partial charge in [-0.3, -0.25) is 4.79 Å². The molecule has 1 aromatic heterocycles. The minimum absolute atomic E-state index is 0.0823. The highest BCUT2D eigenvalue weighted by atomic mass is 32.2. The Kier molecular flexibility index (Phi) is 6.89. The zero-order chi connectivity index (χ0) is 15.8. The molecule has 1 aromatic carbocycles. The smallest absolute Gasteiger partial charge is 0.261 e. The lowest BCUT2D eigenvalue weighted by atomic mass is 10.2. The van der Waals surface area contributed by atoms with E-state index in [2.05, 4.69) is 5.32 Å². The van der Waals surface area contributed by atoms with Crippen LogP contribution < -0.4 is 5.32 Å². The molecule has 2 aromatic rings. The molecular formula is C16H18FNO2S2. The van der Waals surface area contributed by atoms with Crippen molar-refractivity contribution in [2.45, 2.75) is 6.42 Å². The summed E-state index contributed by atoms with van der Waals surface area (Å²) in [5, 5.41) is 11.5. The van der Waals surface area contributed by atoms with E-state index in [9.17, 15) is 9.18 Å². The molecule has 0 fully saturated rings. The lowest BCUT2D eigenvalue weighted by molar-refractivity contribution is 0.0960. The number of carbonyl (C=O) groups is 1. The Morgan fingerprint density at radius 1 is 1.18 bits per heavy atom. The van der Waals surface area contributed by atoms with E-state index in [1.54, 1.807) is 30.0 Å². The molecular weight excluding hydrogens is 321 g/mol. The summed E-state index contributed by atoms with van der Waals surface area (Å²) in [6.45, 7) is 0.819. The number of halogens is 1. The van der Waals surface area contributed by atoms with Crippen LogP contribution in [0.4, 0.5) is 4.39 Å². The van der Waals surface area contributed by atoms with Crippen molar-refractivity contribution < 1.29 is 14.3 Å². The van der Waals surface area contributed by atoms with Gasteiger partial charge in [-0.2, -0.15) is 11.8 Å². The second-order valence-corrected chi connectivity index (χ2v) is 6.92. The Bertz CT molecular complexity index is 598. The van der Waals surface area contributed by atoms with Crippen LogP contribution in [0.2, 0.25) is 0 Å². The number of benzene rings is 1. The highest BCUT2D eigenvalue weighted by Gasteiger charge is 2.09. The van der Waals surface area contributed by atoms with Gasteiger partial charge in [-0.05, 0) is 42.0 Å². The van der Waals surface area contributed by atoms with Gasteiger partial charge in [0.25, 0.3) is 5.91 Å². The van der Waals surface area contributed by atoms with Gasteiger partial charge in [0.05, 0.1) is 4.88 Å². The van der Waals surface area contributed by atoms with Crippen molar-refractivity contribution >= 4 is 29.0 Å². The molecule has 2 N–H and O–H groups in total. The minimum Gasteiger partial charge on any atom is -0.396 e. The minimum atomic E-state index is -0.267. The van der Waals surface area contributed by atoms with E-state index < -0.39 is 0 Å². The molecule has 0 spiro atoms. The fourth-order valence-electron chi connectivity index (χ4n) is 1.82. The van der Waals surface area contributed by atoms with E-state index in [1.165, 1.54) is 23.5 Å². The number of thioether (sulfide) groups is 1. The third-order valence-electron chi connectivity index (χ3n) is 2.94. The second kappa shape index (κ2) is 8.92. The van der Waals surface area contributed by atoms with Crippen LogP contribution in [0.25, 0.3) is 10.4 Å². The summed E-state index contributed by atoms with van der Waals surface area (Å²) >= 11 is 3.11. The molecule has 6 heteroatoms. The summed E-state index contributed by atoms with van der Waals surface area (Å²) in [4.78, 5) is 13.6. The van der Waals surface area contributed by atoms with Crippen LogP contribution in [0, 0.1) is 5.82 Å².